The van der Waals surface area contributed by atoms with Gasteiger partial charge in [-0.05, 0) is 42.8 Å². The van der Waals surface area contributed by atoms with Gasteiger partial charge in [0.2, 0.25) is 17.5 Å². The summed E-state index contributed by atoms with van der Waals surface area (Å²) in [5.41, 5.74) is 2.84. The average molecular weight is 459 g/mol. The maximum absolute atomic E-state index is 12.8. The number of nitriles is 1. The summed E-state index contributed by atoms with van der Waals surface area (Å²) in [4.78, 5) is 20.9. The fourth-order valence-electron chi connectivity index (χ4n) is 3.88. The molecule has 1 fully saturated rings. The molecule has 1 saturated heterocycles. The minimum Gasteiger partial charge on any atom is -0.493 e. The van der Waals surface area contributed by atoms with Crippen LogP contribution in [0.25, 0.3) is 12.2 Å². The zero-order valence-electron chi connectivity index (χ0n) is 19.4. The monoisotopic (exact) mass is 458 g/mol. The van der Waals surface area contributed by atoms with Crippen molar-refractivity contribution in [2.75, 3.05) is 45.3 Å². The van der Waals surface area contributed by atoms with Gasteiger partial charge >= 0.3 is 0 Å². The minimum atomic E-state index is 0.0139. The molecule has 2 aromatic carbocycles. The lowest BCUT2D eigenvalue weighted by atomic mass is 10.1. The molecule has 3 aromatic rings. The predicted molar refractivity (Wildman–Crippen MR) is 129 cm³/mol. The van der Waals surface area contributed by atoms with Gasteiger partial charge in [-0.1, -0.05) is 23.8 Å². The van der Waals surface area contributed by atoms with Gasteiger partial charge in [0, 0.05) is 37.8 Å². The topological polar surface area (TPSA) is 91.8 Å². The molecule has 0 bridgehead atoms. The average Bonchev–Trinajstić information content (AvgIpc) is 3.30. The smallest absolute Gasteiger partial charge is 0.253 e. The van der Waals surface area contributed by atoms with Crippen molar-refractivity contribution in [3.05, 3.63) is 70.7 Å². The fraction of sp³-hybridized carbons (Fsp3) is 0.269. The van der Waals surface area contributed by atoms with Gasteiger partial charge in [-0.3, -0.25) is 4.79 Å². The van der Waals surface area contributed by atoms with Crippen molar-refractivity contribution in [1.29, 1.82) is 5.26 Å². The van der Waals surface area contributed by atoms with E-state index in [1.54, 1.807) is 20.3 Å². The third kappa shape index (κ3) is 4.89. The summed E-state index contributed by atoms with van der Waals surface area (Å²) in [6.45, 7) is 4.16. The maximum atomic E-state index is 12.8. The molecular formula is C26H26N4O4. The molecule has 174 valence electrons. The molecule has 1 aliphatic rings. The summed E-state index contributed by atoms with van der Waals surface area (Å²) in [7, 11) is 3.17. The number of aromatic nitrogens is 1. The number of methoxy groups -OCH3 is 2. The van der Waals surface area contributed by atoms with Crippen LogP contribution in [0.4, 0.5) is 5.88 Å². The molecule has 8 heteroatoms. The van der Waals surface area contributed by atoms with Crippen molar-refractivity contribution in [2.45, 2.75) is 6.92 Å². The third-order valence-electron chi connectivity index (χ3n) is 5.68. The van der Waals surface area contributed by atoms with Gasteiger partial charge in [-0.2, -0.15) is 10.2 Å². The number of hydrogen-bond donors (Lipinski definition) is 0. The Morgan fingerprint density at radius 2 is 1.82 bits per heavy atom. The Hall–Kier alpha value is -4.25. The van der Waals surface area contributed by atoms with Gasteiger partial charge in [-0.25, -0.2) is 0 Å². The van der Waals surface area contributed by atoms with Crippen LogP contribution in [-0.4, -0.2) is 56.2 Å². The number of ether oxygens (including phenoxy) is 2. The van der Waals surface area contributed by atoms with E-state index in [9.17, 15) is 10.1 Å². The number of benzene rings is 2. The number of carbonyl (C=O) groups excluding carboxylic acids is 1. The minimum absolute atomic E-state index is 0.0139. The van der Waals surface area contributed by atoms with Crippen LogP contribution in [-0.2, 0) is 0 Å². The largest absolute Gasteiger partial charge is 0.493 e. The normalized spacial score (nSPS) is 13.7. The first-order valence-corrected chi connectivity index (χ1v) is 10.9. The first kappa shape index (κ1) is 22.9. The summed E-state index contributed by atoms with van der Waals surface area (Å²) in [6.07, 6.45) is 3.54. The fourth-order valence-corrected chi connectivity index (χ4v) is 3.88. The highest BCUT2D eigenvalue weighted by atomic mass is 16.5. The lowest BCUT2D eigenvalue weighted by Gasteiger charge is -2.34. The van der Waals surface area contributed by atoms with Crippen molar-refractivity contribution in [2.24, 2.45) is 0 Å². The lowest BCUT2D eigenvalue weighted by Crippen LogP contribution is -2.48. The van der Waals surface area contributed by atoms with Crippen LogP contribution < -0.4 is 14.4 Å². The van der Waals surface area contributed by atoms with E-state index >= 15 is 0 Å². The second-order valence-electron chi connectivity index (χ2n) is 7.91. The van der Waals surface area contributed by atoms with Gasteiger partial charge < -0.3 is 23.7 Å². The number of amides is 1. The van der Waals surface area contributed by atoms with Crippen LogP contribution in [0.1, 0.15) is 33.1 Å². The molecule has 0 unspecified atom stereocenters. The summed E-state index contributed by atoms with van der Waals surface area (Å²) in [5, 5.41) is 9.57. The summed E-state index contributed by atoms with van der Waals surface area (Å²) >= 11 is 0. The van der Waals surface area contributed by atoms with E-state index in [0.29, 0.717) is 55.0 Å². The number of carbonyl (C=O) groups is 1. The van der Waals surface area contributed by atoms with E-state index in [1.807, 2.05) is 65.3 Å². The molecule has 34 heavy (non-hydrogen) atoms. The van der Waals surface area contributed by atoms with Crippen molar-refractivity contribution in [3.63, 3.8) is 0 Å². The lowest BCUT2D eigenvalue weighted by molar-refractivity contribution is 0.0745. The maximum Gasteiger partial charge on any atom is 0.253 e. The molecule has 0 radical (unpaired) electrons. The highest BCUT2D eigenvalue weighted by Crippen LogP contribution is 2.29. The molecule has 0 N–H and O–H groups in total. The van der Waals surface area contributed by atoms with Crippen molar-refractivity contribution in [3.8, 4) is 17.6 Å². The van der Waals surface area contributed by atoms with Crippen molar-refractivity contribution in [1.82, 2.24) is 9.88 Å². The van der Waals surface area contributed by atoms with Crippen molar-refractivity contribution < 1.29 is 18.7 Å². The molecular weight excluding hydrogens is 432 g/mol. The van der Waals surface area contributed by atoms with Crippen LogP contribution in [0.5, 0.6) is 11.5 Å². The van der Waals surface area contributed by atoms with E-state index in [0.717, 1.165) is 11.1 Å². The Morgan fingerprint density at radius 3 is 2.50 bits per heavy atom. The van der Waals surface area contributed by atoms with E-state index in [1.165, 1.54) is 0 Å². The number of anilines is 1. The molecule has 2 heterocycles. The van der Waals surface area contributed by atoms with Crippen LogP contribution in [0.3, 0.4) is 0 Å². The Balaban J connectivity index is 1.45. The molecule has 0 spiro atoms. The van der Waals surface area contributed by atoms with Crippen LogP contribution >= 0.6 is 0 Å². The molecule has 8 nitrogen and oxygen atoms in total. The molecule has 0 saturated carbocycles. The van der Waals surface area contributed by atoms with E-state index in [2.05, 4.69) is 11.1 Å². The van der Waals surface area contributed by atoms with Gasteiger partial charge in [0.15, 0.2) is 11.5 Å². The number of aryl methyl sites for hydroxylation is 1. The second-order valence-corrected chi connectivity index (χ2v) is 7.91. The van der Waals surface area contributed by atoms with Gasteiger partial charge in [0.1, 0.15) is 6.07 Å². The molecule has 0 atom stereocenters. The predicted octanol–water partition coefficient (Wildman–Crippen LogP) is 4.00. The zero-order chi connectivity index (χ0) is 24.1. The second kappa shape index (κ2) is 10.1. The highest BCUT2D eigenvalue weighted by molar-refractivity contribution is 5.94. The van der Waals surface area contributed by atoms with E-state index < -0.39 is 0 Å². The number of oxazole rings is 1. The molecule has 0 aliphatic carbocycles. The number of piperazine rings is 1. The van der Waals surface area contributed by atoms with Crippen molar-refractivity contribution >= 4 is 23.9 Å². The summed E-state index contributed by atoms with van der Waals surface area (Å²) < 4.78 is 16.5. The standard InChI is InChI=1S/C26H26N4O4/c1-18-5-4-6-20(15-18)25(31)29-11-13-30(14-12-29)26-21(17-27)28-24(34-26)10-8-19-7-9-22(32-2)23(16-19)33-3/h4-10,15-16H,11-14H2,1-3H3/b10-8+. The van der Waals surface area contributed by atoms with Crippen LogP contribution in [0.2, 0.25) is 0 Å². The first-order valence-electron chi connectivity index (χ1n) is 10.9. The molecule has 4 rings (SSSR count). The molecule has 1 aromatic heterocycles. The van der Waals surface area contributed by atoms with E-state index in [-0.39, 0.29) is 11.6 Å². The van der Waals surface area contributed by atoms with E-state index in [4.69, 9.17) is 13.9 Å². The van der Waals surface area contributed by atoms with Gasteiger partial charge in [-0.15, -0.1) is 0 Å². The van der Waals surface area contributed by atoms with Gasteiger partial charge in [0.05, 0.1) is 14.2 Å². The Labute approximate surface area is 198 Å². The van der Waals surface area contributed by atoms with Crippen LogP contribution in [0.15, 0.2) is 46.9 Å². The van der Waals surface area contributed by atoms with Crippen LogP contribution in [0, 0.1) is 18.3 Å². The summed E-state index contributed by atoms with van der Waals surface area (Å²) in [5.74, 6) is 2.04. The zero-order valence-corrected chi connectivity index (χ0v) is 19.4. The molecule has 1 amide bonds. The number of hydrogen-bond acceptors (Lipinski definition) is 7. The Kier molecular flexibility index (Phi) is 6.83. The Bertz CT molecular complexity index is 1250. The Morgan fingerprint density at radius 1 is 1.06 bits per heavy atom. The number of rotatable bonds is 6. The molecule has 1 aliphatic heterocycles. The number of nitrogens with zero attached hydrogens (tertiary/aromatic N) is 4. The first-order chi connectivity index (χ1) is 16.5. The summed E-state index contributed by atoms with van der Waals surface area (Å²) in [6, 6.07) is 15.3. The van der Waals surface area contributed by atoms with Gasteiger partial charge in [0.25, 0.3) is 5.91 Å². The third-order valence-corrected chi connectivity index (χ3v) is 5.68. The quantitative estimate of drug-likeness (QED) is 0.551. The SMILES string of the molecule is COc1ccc(/C=C/c2nc(C#N)c(N3CCN(C(=O)c4cccc(C)c4)CC3)o2)cc1OC. The highest BCUT2D eigenvalue weighted by Gasteiger charge is 2.26.